The van der Waals surface area contributed by atoms with Gasteiger partial charge in [0.15, 0.2) is 0 Å². The molecule has 1 atom stereocenters. The van der Waals surface area contributed by atoms with E-state index in [0.717, 1.165) is 0 Å². The summed E-state index contributed by atoms with van der Waals surface area (Å²) in [6.45, 7) is 0.685. The van der Waals surface area contributed by atoms with Crippen molar-refractivity contribution in [2.75, 3.05) is 19.8 Å². The summed E-state index contributed by atoms with van der Waals surface area (Å²) in [6, 6.07) is 4.72. The highest BCUT2D eigenvalue weighted by molar-refractivity contribution is 5.98. The number of carbonyl (C=O) groups excluding carboxylic acids is 2. The fourth-order valence-electron chi connectivity index (χ4n) is 2.00. The Morgan fingerprint density at radius 1 is 1.20 bits per heavy atom. The van der Waals surface area contributed by atoms with E-state index < -0.39 is 17.9 Å². The quantitative estimate of drug-likeness (QED) is 0.789. The predicted molar refractivity (Wildman–Crippen MR) is 68.2 cm³/mol. The van der Waals surface area contributed by atoms with Gasteiger partial charge < -0.3 is 20.5 Å². The molecule has 1 fully saturated rings. The number of nitrogens with zero attached hydrogens (tertiary/aromatic N) is 1. The molecule has 7 heteroatoms. The molecule has 1 aliphatic rings. The summed E-state index contributed by atoms with van der Waals surface area (Å²) in [5.74, 6) is -2.06. The monoisotopic (exact) mass is 278 g/mol. The Bertz CT molecular complexity index is 540. The van der Waals surface area contributed by atoms with E-state index in [-0.39, 0.29) is 24.6 Å². The largest absolute Gasteiger partial charge is 0.478 e. The molecular formula is C13H14N2O5. The van der Waals surface area contributed by atoms with E-state index in [9.17, 15) is 14.4 Å². The van der Waals surface area contributed by atoms with Gasteiger partial charge in [-0.1, -0.05) is 0 Å². The first-order valence-electron chi connectivity index (χ1n) is 6.02. The molecule has 106 valence electrons. The van der Waals surface area contributed by atoms with Crippen LogP contribution in [-0.2, 0) is 9.53 Å². The minimum Gasteiger partial charge on any atom is -0.478 e. The highest BCUT2D eigenvalue weighted by Crippen LogP contribution is 2.13. The first-order chi connectivity index (χ1) is 9.50. The summed E-state index contributed by atoms with van der Waals surface area (Å²) in [5.41, 5.74) is 5.65. The van der Waals surface area contributed by atoms with Crippen molar-refractivity contribution in [3.8, 4) is 0 Å². The summed E-state index contributed by atoms with van der Waals surface area (Å²) in [5, 5.41) is 8.80. The molecule has 1 aliphatic heterocycles. The van der Waals surface area contributed by atoms with Gasteiger partial charge in [0.25, 0.3) is 5.91 Å². The number of rotatable bonds is 3. The summed E-state index contributed by atoms with van der Waals surface area (Å²) in [4.78, 5) is 35.7. The smallest absolute Gasteiger partial charge is 0.335 e. The van der Waals surface area contributed by atoms with Crippen molar-refractivity contribution in [2.24, 2.45) is 5.73 Å². The zero-order valence-electron chi connectivity index (χ0n) is 10.6. The number of aromatic carboxylic acids is 1. The zero-order valence-corrected chi connectivity index (χ0v) is 10.6. The Morgan fingerprint density at radius 2 is 1.80 bits per heavy atom. The average Bonchev–Trinajstić information content (AvgIpc) is 2.46. The van der Waals surface area contributed by atoms with Crippen molar-refractivity contribution in [3.63, 3.8) is 0 Å². The number of hydrogen-bond donors (Lipinski definition) is 2. The highest BCUT2D eigenvalue weighted by Gasteiger charge is 2.31. The first-order valence-corrected chi connectivity index (χ1v) is 6.02. The Hall–Kier alpha value is -2.41. The maximum atomic E-state index is 12.3. The van der Waals surface area contributed by atoms with Crippen LogP contribution in [0.25, 0.3) is 0 Å². The Labute approximate surface area is 114 Å². The van der Waals surface area contributed by atoms with Crippen LogP contribution < -0.4 is 5.73 Å². The van der Waals surface area contributed by atoms with E-state index in [0.29, 0.717) is 12.2 Å². The molecule has 0 saturated carbocycles. The molecule has 1 aromatic rings. The molecule has 0 bridgehead atoms. The number of hydrogen-bond acceptors (Lipinski definition) is 4. The van der Waals surface area contributed by atoms with Crippen LogP contribution in [0.2, 0.25) is 0 Å². The fourth-order valence-corrected chi connectivity index (χ4v) is 2.00. The van der Waals surface area contributed by atoms with Gasteiger partial charge in [-0.2, -0.15) is 0 Å². The lowest BCUT2D eigenvalue weighted by Crippen LogP contribution is -2.54. The Morgan fingerprint density at radius 3 is 2.35 bits per heavy atom. The van der Waals surface area contributed by atoms with Gasteiger partial charge in [-0.3, -0.25) is 9.59 Å². The predicted octanol–water partition coefficient (Wildman–Crippen LogP) is -0.289. The summed E-state index contributed by atoms with van der Waals surface area (Å²) >= 11 is 0. The third kappa shape index (κ3) is 2.77. The SMILES string of the molecule is NC(=O)C1COCCN1C(=O)c1ccc(C(=O)O)cc1. The third-order valence-corrected chi connectivity index (χ3v) is 3.10. The van der Waals surface area contributed by atoms with Gasteiger partial charge in [0.1, 0.15) is 6.04 Å². The molecule has 0 aromatic heterocycles. The number of benzene rings is 1. The fraction of sp³-hybridized carbons (Fsp3) is 0.308. The summed E-state index contributed by atoms with van der Waals surface area (Å²) in [6.07, 6.45) is 0. The van der Waals surface area contributed by atoms with Gasteiger partial charge in [-0.05, 0) is 24.3 Å². The van der Waals surface area contributed by atoms with Crippen LogP contribution in [0.1, 0.15) is 20.7 Å². The van der Waals surface area contributed by atoms with Gasteiger partial charge in [-0.15, -0.1) is 0 Å². The van der Waals surface area contributed by atoms with Gasteiger partial charge in [0.2, 0.25) is 5.91 Å². The van der Waals surface area contributed by atoms with Gasteiger partial charge >= 0.3 is 5.97 Å². The molecule has 0 radical (unpaired) electrons. The van der Waals surface area contributed by atoms with E-state index in [1.165, 1.54) is 29.2 Å². The van der Waals surface area contributed by atoms with Crippen LogP contribution in [-0.4, -0.2) is 53.6 Å². The van der Waals surface area contributed by atoms with Crippen LogP contribution in [0.15, 0.2) is 24.3 Å². The van der Waals surface area contributed by atoms with Crippen molar-refractivity contribution in [3.05, 3.63) is 35.4 Å². The minimum atomic E-state index is -1.06. The Balaban J connectivity index is 2.20. The number of carboxylic acids is 1. The number of carboxylic acid groups (broad SMARTS) is 1. The second-order valence-corrected chi connectivity index (χ2v) is 4.37. The second-order valence-electron chi connectivity index (χ2n) is 4.37. The molecule has 20 heavy (non-hydrogen) atoms. The van der Waals surface area contributed by atoms with Crippen LogP contribution >= 0.6 is 0 Å². The third-order valence-electron chi connectivity index (χ3n) is 3.10. The molecule has 1 heterocycles. The average molecular weight is 278 g/mol. The lowest BCUT2D eigenvalue weighted by atomic mass is 10.1. The number of ether oxygens (including phenoxy) is 1. The molecule has 1 aromatic carbocycles. The minimum absolute atomic E-state index is 0.0777. The number of morpholine rings is 1. The van der Waals surface area contributed by atoms with E-state index >= 15 is 0 Å². The molecule has 7 nitrogen and oxygen atoms in total. The highest BCUT2D eigenvalue weighted by atomic mass is 16.5. The molecule has 2 rings (SSSR count). The standard InChI is InChI=1S/C13H14N2O5/c14-11(16)10-7-20-6-5-15(10)12(17)8-1-3-9(4-2-8)13(18)19/h1-4,10H,5-7H2,(H2,14,16)(H,18,19). The van der Waals surface area contributed by atoms with Crippen molar-refractivity contribution in [1.82, 2.24) is 4.90 Å². The number of primary amides is 1. The van der Waals surface area contributed by atoms with Crippen molar-refractivity contribution in [1.29, 1.82) is 0 Å². The van der Waals surface area contributed by atoms with Crippen LogP contribution in [0.4, 0.5) is 0 Å². The van der Waals surface area contributed by atoms with Gasteiger partial charge in [0, 0.05) is 12.1 Å². The topological polar surface area (TPSA) is 110 Å². The number of carbonyl (C=O) groups is 3. The number of amides is 2. The molecule has 3 N–H and O–H groups in total. The van der Waals surface area contributed by atoms with Gasteiger partial charge in [-0.25, -0.2) is 4.79 Å². The molecule has 1 unspecified atom stereocenters. The summed E-state index contributed by atoms with van der Waals surface area (Å²) < 4.78 is 5.14. The molecule has 1 saturated heterocycles. The van der Waals surface area contributed by atoms with E-state index in [1.807, 2.05) is 0 Å². The van der Waals surface area contributed by atoms with Crippen molar-refractivity contribution < 1.29 is 24.2 Å². The van der Waals surface area contributed by atoms with Crippen molar-refractivity contribution in [2.45, 2.75) is 6.04 Å². The van der Waals surface area contributed by atoms with Crippen LogP contribution in [0.5, 0.6) is 0 Å². The summed E-state index contributed by atoms with van der Waals surface area (Å²) in [7, 11) is 0. The maximum Gasteiger partial charge on any atom is 0.335 e. The lowest BCUT2D eigenvalue weighted by Gasteiger charge is -2.33. The van der Waals surface area contributed by atoms with Gasteiger partial charge in [0.05, 0.1) is 18.8 Å². The molecular weight excluding hydrogens is 264 g/mol. The molecule has 2 amide bonds. The number of nitrogens with two attached hydrogens (primary N) is 1. The zero-order chi connectivity index (χ0) is 14.7. The molecule has 0 aliphatic carbocycles. The Kier molecular flexibility index (Phi) is 3.99. The molecule has 0 spiro atoms. The van der Waals surface area contributed by atoms with Crippen LogP contribution in [0.3, 0.4) is 0 Å². The van der Waals surface area contributed by atoms with Crippen molar-refractivity contribution >= 4 is 17.8 Å². The second kappa shape index (κ2) is 5.70. The first kappa shape index (κ1) is 14.0. The lowest BCUT2D eigenvalue weighted by molar-refractivity contribution is -0.127. The van der Waals surface area contributed by atoms with E-state index in [4.69, 9.17) is 15.6 Å². The van der Waals surface area contributed by atoms with E-state index in [2.05, 4.69) is 0 Å². The maximum absolute atomic E-state index is 12.3. The van der Waals surface area contributed by atoms with Crippen LogP contribution in [0, 0.1) is 0 Å². The normalized spacial score (nSPS) is 18.6. The van der Waals surface area contributed by atoms with E-state index in [1.54, 1.807) is 0 Å².